The van der Waals surface area contributed by atoms with Gasteiger partial charge in [0.15, 0.2) is 0 Å². The Labute approximate surface area is 67.0 Å². The van der Waals surface area contributed by atoms with E-state index in [-0.39, 0.29) is 0 Å². The summed E-state index contributed by atoms with van der Waals surface area (Å²) in [6, 6.07) is 0. The van der Waals surface area contributed by atoms with Gasteiger partial charge in [-0.25, -0.2) is 0 Å². The second kappa shape index (κ2) is 11.5. The van der Waals surface area contributed by atoms with Gasteiger partial charge in [0.2, 0.25) is 0 Å². The van der Waals surface area contributed by atoms with Crippen LogP contribution in [0.5, 0.6) is 0 Å². The van der Waals surface area contributed by atoms with Crippen molar-refractivity contribution in [1.82, 2.24) is 0 Å². The fraction of sp³-hybridized carbons (Fsp3) is 1.00. The summed E-state index contributed by atoms with van der Waals surface area (Å²) in [7, 11) is 0. The van der Waals surface area contributed by atoms with Gasteiger partial charge in [0.05, 0.1) is 0 Å². The number of nitrogens with zero attached hydrogens (tertiary/aromatic N) is 1. The van der Waals surface area contributed by atoms with Gasteiger partial charge >= 0.3 is 34.6 Å². The van der Waals surface area contributed by atoms with Crippen LogP contribution in [0.4, 0.5) is 0 Å². The molecule has 0 spiro atoms. The molecule has 0 N–H and O–H groups in total. The summed E-state index contributed by atoms with van der Waals surface area (Å²) in [5.41, 5.74) is 0. The second-order valence-electron chi connectivity index (χ2n) is 2.36. The van der Waals surface area contributed by atoms with E-state index in [1.165, 1.54) is 0 Å². The summed E-state index contributed by atoms with van der Waals surface area (Å²) in [5.74, 6) is 0. The Morgan fingerprint density at radius 1 is 1.00 bits per heavy atom. The average molecular weight is 236 g/mol. The number of rotatable bonds is 2. The Morgan fingerprint density at radius 2 is 1.22 bits per heavy atom. The zero-order valence-corrected chi connectivity index (χ0v) is 10.2. The van der Waals surface area contributed by atoms with E-state index in [0.29, 0.717) is 0 Å². The van der Waals surface area contributed by atoms with Gasteiger partial charge in [-0.3, -0.25) is 0 Å². The minimum atomic E-state index is -0.543. The van der Waals surface area contributed by atoms with Crippen LogP contribution in [0.1, 0.15) is 13.8 Å². The second-order valence-corrected chi connectivity index (χ2v) is 10.9. The SMILES string of the molecule is CC[N-]CC.[CH3][Sn+]([CH3])[CH3]. The first kappa shape index (κ1) is 12.4. The van der Waals surface area contributed by atoms with Crippen LogP contribution in [0, 0.1) is 0 Å². The third kappa shape index (κ3) is 52.6. The number of hydrogen-bond acceptors (Lipinski definition) is 0. The standard InChI is InChI=1S/C4H10N.3CH3.Sn/c1-3-5-4-2;;;;/h3-4H2,1-2H3;3*1H3;/q-1;;;;+1. The summed E-state index contributed by atoms with van der Waals surface area (Å²) >= 11 is -0.543. The molecule has 0 aromatic heterocycles. The van der Waals surface area contributed by atoms with Crippen molar-refractivity contribution in [3.63, 3.8) is 0 Å². The van der Waals surface area contributed by atoms with Crippen molar-refractivity contribution >= 4 is 19.8 Å². The van der Waals surface area contributed by atoms with Crippen molar-refractivity contribution in [2.75, 3.05) is 13.1 Å². The van der Waals surface area contributed by atoms with E-state index in [9.17, 15) is 0 Å². The van der Waals surface area contributed by atoms with Gasteiger partial charge in [0.25, 0.3) is 0 Å². The van der Waals surface area contributed by atoms with Crippen LogP contribution >= 0.6 is 0 Å². The molecule has 0 heterocycles. The molecular weight excluding hydrogens is 217 g/mol. The van der Waals surface area contributed by atoms with Gasteiger partial charge in [0.1, 0.15) is 0 Å². The zero-order chi connectivity index (χ0) is 7.70. The summed E-state index contributed by atoms with van der Waals surface area (Å²) < 4.78 is 0. The maximum absolute atomic E-state index is 3.97. The van der Waals surface area contributed by atoms with Gasteiger partial charge in [-0.05, 0) is 0 Å². The first-order valence-corrected chi connectivity index (χ1v) is 12.1. The van der Waals surface area contributed by atoms with Crippen molar-refractivity contribution in [3.05, 3.63) is 5.32 Å². The van der Waals surface area contributed by atoms with Gasteiger partial charge < -0.3 is 5.32 Å². The zero-order valence-electron chi connectivity index (χ0n) is 7.36. The van der Waals surface area contributed by atoms with Crippen LogP contribution in [0.15, 0.2) is 0 Å². The molecule has 0 radical (unpaired) electrons. The summed E-state index contributed by atoms with van der Waals surface area (Å²) in [6.45, 7) is 6.03. The average Bonchev–Trinajstić information content (AvgIpc) is 1.66. The maximum atomic E-state index is 3.97. The van der Waals surface area contributed by atoms with Crippen LogP contribution in [0.2, 0.25) is 14.8 Å². The molecule has 0 saturated carbocycles. The van der Waals surface area contributed by atoms with Gasteiger partial charge in [-0.2, -0.15) is 13.1 Å². The van der Waals surface area contributed by atoms with Crippen LogP contribution in [-0.2, 0) is 0 Å². The Hall–Kier alpha value is 0.759. The normalized spacial score (nSPS) is 7.67. The third-order valence-corrected chi connectivity index (χ3v) is 0.447. The van der Waals surface area contributed by atoms with E-state index in [2.05, 4.69) is 20.1 Å². The molecule has 0 aliphatic carbocycles. The van der Waals surface area contributed by atoms with Gasteiger partial charge in [-0.15, -0.1) is 0 Å². The molecule has 0 aliphatic heterocycles. The first-order valence-electron chi connectivity index (χ1n) is 3.55. The van der Waals surface area contributed by atoms with Crippen LogP contribution in [-0.4, -0.2) is 32.8 Å². The van der Waals surface area contributed by atoms with Gasteiger partial charge in [-0.1, -0.05) is 13.8 Å². The van der Waals surface area contributed by atoms with Crippen molar-refractivity contribution in [2.45, 2.75) is 28.7 Å². The fourth-order valence-corrected chi connectivity index (χ4v) is 0.224. The van der Waals surface area contributed by atoms with Crippen LogP contribution in [0.3, 0.4) is 0 Å². The quantitative estimate of drug-likeness (QED) is 0.654. The monoisotopic (exact) mass is 237 g/mol. The Morgan fingerprint density at radius 3 is 1.22 bits per heavy atom. The molecular formula is C7H19NSn. The third-order valence-electron chi connectivity index (χ3n) is 0.447. The summed E-state index contributed by atoms with van der Waals surface area (Å²) in [5, 5.41) is 3.97. The molecule has 0 aromatic rings. The molecule has 0 saturated heterocycles. The molecule has 0 aliphatic rings. The van der Waals surface area contributed by atoms with E-state index >= 15 is 0 Å². The van der Waals surface area contributed by atoms with Crippen LogP contribution < -0.4 is 0 Å². The van der Waals surface area contributed by atoms with E-state index in [0.717, 1.165) is 13.1 Å². The van der Waals surface area contributed by atoms with Crippen molar-refractivity contribution in [3.8, 4) is 0 Å². The van der Waals surface area contributed by atoms with Gasteiger partial charge in [0, 0.05) is 0 Å². The van der Waals surface area contributed by atoms with Crippen molar-refractivity contribution in [2.24, 2.45) is 0 Å². The molecule has 0 bridgehead atoms. The predicted molar refractivity (Wildman–Crippen MR) is 47.8 cm³/mol. The van der Waals surface area contributed by atoms with Crippen molar-refractivity contribution < 1.29 is 0 Å². The molecule has 0 rings (SSSR count). The first-order chi connectivity index (χ1) is 4.15. The summed E-state index contributed by atoms with van der Waals surface area (Å²) in [4.78, 5) is 7.09. The molecule has 2 heteroatoms. The molecule has 0 unspecified atom stereocenters. The topological polar surface area (TPSA) is 14.1 Å². The number of hydrogen-bond donors (Lipinski definition) is 0. The van der Waals surface area contributed by atoms with Crippen LogP contribution in [0.25, 0.3) is 5.32 Å². The molecule has 0 amide bonds. The molecule has 0 fully saturated rings. The summed E-state index contributed by atoms with van der Waals surface area (Å²) in [6.07, 6.45) is 0. The van der Waals surface area contributed by atoms with Crippen molar-refractivity contribution in [1.29, 1.82) is 0 Å². The Bertz CT molecular complexity index is 33.1. The van der Waals surface area contributed by atoms with E-state index in [4.69, 9.17) is 0 Å². The Balaban J connectivity index is 0. The van der Waals surface area contributed by atoms with E-state index in [1.54, 1.807) is 0 Å². The molecule has 0 aromatic carbocycles. The molecule has 1 nitrogen and oxygen atoms in total. The Kier molecular flexibility index (Phi) is 15.9. The van der Waals surface area contributed by atoms with E-state index in [1.807, 2.05) is 13.8 Å². The molecule has 9 heavy (non-hydrogen) atoms. The minimum absolute atomic E-state index is 0.543. The fourth-order valence-electron chi connectivity index (χ4n) is 0.224. The molecule has 0 atom stereocenters. The van der Waals surface area contributed by atoms with E-state index < -0.39 is 19.8 Å². The predicted octanol–water partition coefficient (Wildman–Crippen LogP) is 2.77. The molecule has 56 valence electrons.